The van der Waals surface area contributed by atoms with Gasteiger partial charge in [-0.05, 0) is 11.8 Å². The molecule has 17 heavy (non-hydrogen) atoms. The Morgan fingerprint density at radius 2 is 1.94 bits per heavy atom. The van der Waals surface area contributed by atoms with Crippen LogP contribution in [-0.4, -0.2) is 26.0 Å². The Bertz CT molecular complexity index is 318. The Labute approximate surface area is 104 Å². The molecule has 1 atom stereocenters. The van der Waals surface area contributed by atoms with Gasteiger partial charge in [-0.15, -0.1) is 0 Å². The van der Waals surface area contributed by atoms with E-state index < -0.39 is 0 Å². The van der Waals surface area contributed by atoms with Crippen LogP contribution in [0.3, 0.4) is 0 Å². The average Bonchev–Trinajstić information content (AvgIpc) is 2.66. The first-order valence-electron chi connectivity index (χ1n) is 6.63. The number of rotatable bonds is 7. The number of aliphatic hydroxyl groups is 1. The van der Waals surface area contributed by atoms with E-state index in [-0.39, 0.29) is 6.10 Å². The molecule has 98 valence electrons. The smallest absolute Gasteiger partial charge is 0.138 e. The molecule has 0 saturated heterocycles. The lowest BCUT2D eigenvalue weighted by molar-refractivity contribution is 0.0995. The first-order chi connectivity index (χ1) is 8.08. The average molecular weight is 239 g/mol. The van der Waals surface area contributed by atoms with Crippen molar-refractivity contribution in [2.24, 2.45) is 11.8 Å². The zero-order valence-corrected chi connectivity index (χ0v) is 11.4. The summed E-state index contributed by atoms with van der Waals surface area (Å²) in [5.74, 6) is 1.80. The van der Waals surface area contributed by atoms with Crippen molar-refractivity contribution in [3.63, 3.8) is 0 Å². The summed E-state index contributed by atoms with van der Waals surface area (Å²) in [5.41, 5.74) is 0. The first kappa shape index (κ1) is 14.2. The van der Waals surface area contributed by atoms with Crippen molar-refractivity contribution < 1.29 is 5.11 Å². The summed E-state index contributed by atoms with van der Waals surface area (Å²) < 4.78 is 1.91. The third kappa shape index (κ3) is 4.11. The van der Waals surface area contributed by atoms with Crippen molar-refractivity contribution in [1.82, 2.24) is 14.8 Å². The molecule has 0 aliphatic heterocycles. The van der Waals surface area contributed by atoms with Crippen molar-refractivity contribution in [3.05, 3.63) is 12.2 Å². The van der Waals surface area contributed by atoms with Gasteiger partial charge in [-0.25, -0.2) is 9.67 Å². The second-order valence-electron chi connectivity index (χ2n) is 5.10. The fraction of sp³-hybridized carbons (Fsp3) is 0.846. The molecule has 0 amide bonds. The SMILES string of the molecule is CCC(CC)C(O)Cc1ncnn1CC(C)C. The van der Waals surface area contributed by atoms with E-state index in [2.05, 4.69) is 37.8 Å². The van der Waals surface area contributed by atoms with Crippen LogP contribution in [0.15, 0.2) is 6.33 Å². The molecule has 4 nitrogen and oxygen atoms in total. The lowest BCUT2D eigenvalue weighted by atomic mass is 9.94. The van der Waals surface area contributed by atoms with E-state index in [4.69, 9.17) is 0 Å². The number of hydrogen-bond acceptors (Lipinski definition) is 3. The van der Waals surface area contributed by atoms with Crippen LogP contribution in [0.1, 0.15) is 46.4 Å². The maximum atomic E-state index is 10.2. The van der Waals surface area contributed by atoms with E-state index in [0.29, 0.717) is 18.3 Å². The maximum absolute atomic E-state index is 10.2. The van der Waals surface area contributed by atoms with Crippen LogP contribution in [-0.2, 0) is 13.0 Å². The molecule has 0 aliphatic rings. The summed E-state index contributed by atoms with van der Waals surface area (Å²) in [7, 11) is 0. The van der Waals surface area contributed by atoms with E-state index in [0.717, 1.165) is 25.2 Å². The molecule has 0 aliphatic carbocycles. The summed E-state index contributed by atoms with van der Waals surface area (Å²) in [6, 6.07) is 0. The fourth-order valence-corrected chi connectivity index (χ4v) is 2.13. The summed E-state index contributed by atoms with van der Waals surface area (Å²) in [6.45, 7) is 9.42. The van der Waals surface area contributed by atoms with Crippen LogP contribution in [0.5, 0.6) is 0 Å². The van der Waals surface area contributed by atoms with E-state index in [9.17, 15) is 5.11 Å². The van der Waals surface area contributed by atoms with Crippen LogP contribution in [0, 0.1) is 11.8 Å². The molecule has 0 saturated carbocycles. The Morgan fingerprint density at radius 3 is 2.47 bits per heavy atom. The number of nitrogens with zero attached hydrogens (tertiary/aromatic N) is 3. The zero-order chi connectivity index (χ0) is 12.8. The highest BCUT2D eigenvalue weighted by molar-refractivity contribution is 4.89. The van der Waals surface area contributed by atoms with Gasteiger partial charge in [-0.3, -0.25) is 0 Å². The molecule has 1 rings (SSSR count). The molecule has 1 unspecified atom stereocenters. The van der Waals surface area contributed by atoms with E-state index in [1.807, 2.05) is 4.68 Å². The first-order valence-corrected chi connectivity index (χ1v) is 6.63. The normalized spacial score (nSPS) is 13.6. The predicted molar refractivity (Wildman–Crippen MR) is 68.6 cm³/mol. The van der Waals surface area contributed by atoms with Crippen LogP contribution < -0.4 is 0 Å². The largest absolute Gasteiger partial charge is 0.392 e. The molecule has 0 spiro atoms. The van der Waals surface area contributed by atoms with Crippen LogP contribution in [0.2, 0.25) is 0 Å². The highest BCUT2D eigenvalue weighted by atomic mass is 16.3. The highest BCUT2D eigenvalue weighted by Crippen LogP contribution is 2.16. The lowest BCUT2D eigenvalue weighted by Gasteiger charge is -2.20. The van der Waals surface area contributed by atoms with Crippen molar-refractivity contribution in [2.75, 3.05) is 0 Å². The van der Waals surface area contributed by atoms with Gasteiger partial charge in [0.15, 0.2) is 0 Å². The number of aliphatic hydroxyl groups excluding tert-OH is 1. The molecule has 0 radical (unpaired) electrons. The van der Waals surface area contributed by atoms with Gasteiger partial charge in [-0.1, -0.05) is 40.5 Å². The van der Waals surface area contributed by atoms with Crippen LogP contribution in [0.25, 0.3) is 0 Å². The van der Waals surface area contributed by atoms with Crippen molar-refractivity contribution in [2.45, 2.75) is 59.6 Å². The van der Waals surface area contributed by atoms with Crippen molar-refractivity contribution in [3.8, 4) is 0 Å². The van der Waals surface area contributed by atoms with Gasteiger partial charge in [-0.2, -0.15) is 5.10 Å². The van der Waals surface area contributed by atoms with Gasteiger partial charge in [0.25, 0.3) is 0 Å². The minimum Gasteiger partial charge on any atom is -0.392 e. The summed E-state index contributed by atoms with van der Waals surface area (Å²) >= 11 is 0. The van der Waals surface area contributed by atoms with Gasteiger partial charge < -0.3 is 5.11 Å². The highest BCUT2D eigenvalue weighted by Gasteiger charge is 2.18. The topological polar surface area (TPSA) is 50.9 Å². The molecule has 4 heteroatoms. The molecule has 1 aromatic rings. The van der Waals surface area contributed by atoms with E-state index in [1.54, 1.807) is 6.33 Å². The number of aromatic nitrogens is 3. The molecule has 0 aromatic carbocycles. The summed E-state index contributed by atoms with van der Waals surface area (Å²) in [5, 5.41) is 14.4. The van der Waals surface area contributed by atoms with Gasteiger partial charge >= 0.3 is 0 Å². The third-order valence-electron chi connectivity index (χ3n) is 3.22. The Hall–Kier alpha value is -0.900. The zero-order valence-electron chi connectivity index (χ0n) is 11.4. The van der Waals surface area contributed by atoms with Crippen molar-refractivity contribution >= 4 is 0 Å². The van der Waals surface area contributed by atoms with Gasteiger partial charge in [0.2, 0.25) is 0 Å². The molecule has 1 N–H and O–H groups in total. The standard InChI is InChI=1S/C13H25N3O/c1-5-11(6-2)12(17)7-13-14-9-15-16(13)8-10(3)4/h9-12,17H,5-8H2,1-4H3. The van der Waals surface area contributed by atoms with Crippen molar-refractivity contribution in [1.29, 1.82) is 0 Å². The number of hydrogen-bond donors (Lipinski definition) is 1. The Balaban J connectivity index is 2.64. The Morgan fingerprint density at radius 1 is 1.29 bits per heavy atom. The van der Waals surface area contributed by atoms with Crippen LogP contribution in [0.4, 0.5) is 0 Å². The van der Waals surface area contributed by atoms with Gasteiger partial charge in [0.1, 0.15) is 12.2 Å². The predicted octanol–water partition coefficient (Wildman–Crippen LogP) is 2.27. The molecule has 0 fully saturated rings. The Kier molecular flexibility index (Phi) is 5.62. The van der Waals surface area contributed by atoms with Crippen LogP contribution >= 0.6 is 0 Å². The fourth-order valence-electron chi connectivity index (χ4n) is 2.13. The van der Waals surface area contributed by atoms with E-state index in [1.165, 1.54) is 0 Å². The molecule has 0 bridgehead atoms. The summed E-state index contributed by atoms with van der Waals surface area (Å²) in [6.07, 6.45) is 3.91. The van der Waals surface area contributed by atoms with E-state index >= 15 is 0 Å². The molecule has 1 aromatic heterocycles. The molecular formula is C13H25N3O. The lowest BCUT2D eigenvalue weighted by Crippen LogP contribution is -2.24. The molecular weight excluding hydrogens is 214 g/mol. The third-order valence-corrected chi connectivity index (χ3v) is 3.22. The second kappa shape index (κ2) is 6.74. The minimum atomic E-state index is -0.305. The quantitative estimate of drug-likeness (QED) is 0.794. The summed E-state index contributed by atoms with van der Waals surface area (Å²) in [4.78, 5) is 4.25. The maximum Gasteiger partial charge on any atom is 0.138 e. The second-order valence-corrected chi connectivity index (χ2v) is 5.10. The van der Waals surface area contributed by atoms with Gasteiger partial charge in [0, 0.05) is 13.0 Å². The molecule has 1 heterocycles. The minimum absolute atomic E-state index is 0.305. The monoisotopic (exact) mass is 239 g/mol. The van der Waals surface area contributed by atoms with Gasteiger partial charge in [0.05, 0.1) is 6.10 Å².